The van der Waals surface area contributed by atoms with Crippen LogP contribution in [-0.2, 0) is 14.8 Å². The average Bonchev–Trinajstić information content (AvgIpc) is 3.07. The van der Waals surface area contributed by atoms with Gasteiger partial charge >= 0.3 is 0 Å². The first kappa shape index (κ1) is 15.6. The summed E-state index contributed by atoms with van der Waals surface area (Å²) in [4.78, 5) is 9.92. The molecule has 7 nitrogen and oxygen atoms in total. The van der Waals surface area contributed by atoms with Crippen molar-refractivity contribution in [2.75, 3.05) is 36.9 Å². The fourth-order valence-corrected chi connectivity index (χ4v) is 3.65. The van der Waals surface area contributed by atoms with Crippen LogP contribution in [0.15, 0.2) is 12.4 Å². The first-order valence-electron chi connectivity index (χ1n) is 7.30. The number of nitrogens with zero attached hydrogens (tertiary/aromatic N) is 3. The fourth-order valence-electron chi connectivity index (χ4n) is 2.98. The van der Waals surface area contributed by atoms with Gasteiger partial charge in [0.2, 0.25) is 16.0 Å². The van der Waals surface area contributed by atoms with Crippen molar-refractivity contribution in [1.29, 1.82) is 0 Å². The van der Waals surface area contributed by atoms with Crippen molar-refractivity contribution < 1.29 is 17.5 Å². The molecule has 0 amide bonds. The maximum absolute atomic E-state index is 12.9. The molecule has 0 radical (unpaired) electrons. The lowest BCUT2D eigenvalue weighted by Crippen LogP contribution is -2.35. The molecule has 1 aromatic rings. The van der Waals surface area contributed by atoms with Gasteiger partial charge in [0.1, 0.15) is 0 Å². The number of hydrogen-bond donors (Lipinski definition) is 1. The predicted molar refractivity (Wildman–Crippen MR) is 78.4 cm³/mol. The van der Waals surface area contributed by atoms with Crippen LogP contribution in [0.25, 0.3) is 0 Å². The van der Waals surface area contributed by atoms with Crippen LogP contribution in [0.1, 0.15) is 6.92 Å². The molecule has 3 atom stereocenters. The monoisotopic (exact) mass is 330 g/mol. The smallest absolute Gasteiger partial charge is 0.225 e. The summed E-state index contributed by atoms with van der Waals surface area (Å²) in [7, 11) is -3.19. The van der Waals surface area contributed by atoms with Gasteiger partial charge in [0.05, 0.1) is 30.9 Å². The standard InChI is InChI=1S/C13H19FN4O3S/c1-2-22(19,20)17-3-9-8-21-12-7-18(6-11(9)12)13-15-4-10(14)5-16-13/h4-5,9,11-12,17H,2-3,6-8H2,1H3/t9-,11-,12-/m1/s1. The molecule has 1 aromatic heterocycles. The molecule has 2 fully saturated rings. The summed E-state index contributed by atoms with van der Waals surface area (Å²) < 4.78 is 44.4. The van der Waals surface area contributed by atoms with E-state index in [1.807, 2.05) is 4.90 Å². The minimum atomic E-state index is -3.19. The van der Waals surface area contributed by atoms with Crippen LogP contribution >= 0.6 is 0 Å². The number of aromatic nitrogens is 2. The average molecular weight is 330 g/mol. The SMILES string of the molecule is CCS(=O)(=O)NC[C@@H]1CO[C@@H]2CN(c3ncc(F)cn3)C[C@H]12. The number of ether oxygens (including phenoxy) is 1. The summed E-state index contributed by atoms with van der Waals surface area (Å²) in [5.74, 6) is 0.452. The largest absolute Gasteiger partial charge is 0.376 e. The van der Waals surface area contributed by atoms with E-state index >= 15 is 0 Å². The van der Waals surface area contributed by atoms with Crippen LogP contribution in [-0.4, -0.2) is 56.5 Å². The zero-order chi connectivity index (χ0) is 15.7. The van der Waals surface area contributed by atoms with E-state index in [4.69, 9.17) is 4.74 Å². The molecule has 0 aromatic carbocycles. The van der Waals surface area contributed by atoms with Gasteiger partial charge in [-0.25, -0.2) is 27.5 Å². The van der Waals surface area contributed by atoms with Gasteiger partial charge in [0, 0.05) is 31.5 Å². The molecular formula is C13H19FN4O3S. The Balaban J connectivity index is 1.62. The van der Waals surface area contributed by atoms with E-state index in [1.54, 1.807) is 6.92 Å². The Hall–Kier alpha value is -1.32. The molecule has 0 unspecified atom stereocenters. The maximum atomic E-state index is 12.9. The highest BCUT2D eigenvalue weighted by atomic mass is 32.2. The fraction of sp³-hybridized carbons (Fsp3) is 0.692. The molecule has 0 spiro atoms. The zero-order valence-corrected chi connectivity index (χ0v) is 13.1. The molecule has 0 bridgehead atoms. The minimum absolute atomic E-state index is 0.0461. The van der Waals surface area contributed by atoms with Gasteiger partial charge in [0.25, 0.3) is 0 Å². The van der Waals surface area contributed by atoms with Gasteiger partial charge < -0.3 is 9.64 Å². The highest BCUT2D eigenvalue weighted by molar-refractivity contribution is 7.89. The Kier molecular flexibility index (Phi) is 4.28. The van der Waals surface area contributed by atoms with Gasteiger partial charge in [0.15, 0.2) is 5.82 Å². The van der Waals surface area contributed by atoms with Crippen molar-refractivity contribution in [1.82, 2.24) is 14.7 Å². The van der Waals surface area contributed by atoms with Gasteiger partial charge in [-0.05, 0) is 6.92 Å². The summed E-state index contributed by atoms with van der Waals surface area (Å²) in [5, 5.41) is 0. The second-order valence-electron chi connectivity index (χ2n) is 5.65. The number of halogens is 1. The number of hydrogen-bond acceptors (Lipinski definition) is 6. The normalized spacial score (nSPS) is 28.1. The molecule has 3 rings (SSSR count). The summed E-state index contributed by atoms with van der Waals surface area (Å²) in [6.45, 7) is 3.89. The molecule has 1 N–H and O–H groups in total. The molecule has 3 heterocycles. The van der Waals surface area contributed by atoms with E-state index in [-0.39, 0.29) is 23.7 Å². The molecule has 22 heavy (non-hydrogen) atoms. The summed E-state index contributed by atoms with van der Waals surface area (Å²) >= 11 is 0. The van der Waals surface area contributed by atoms with Crippen molar-refractivity contribution >= 4 is 16.0 Å². The van der Waals surface area contributed by atoms with E-state index in [2.05, 4.69) is 14.7 Å². The molecule has 2 saturated heterocycles. The van der Waals surface area contributed by atoms with Crippen molar-refractivity contribution in [2.24, 2.45) is 11.8 Å². The first-order valence-corrected chi connectivity index (χ1v) is 8.95. The third-order valence-corrected chi connectivity index (χ3v) is 5.64. The second kappa shape index (κ2) is 6.05. The number of anilines is 1. The molecule has 2 aliphatic heterocycles. The lowest BCUT2D eigenvalue weighted by atomic mass is 9.93. The zero-order valence-electron chi connectivity index (χ0n) is 12.3. The van der Waals surface area contributed by atoms with E-state index in [9.17, 15) is 12.8 Å². The summed E-state index contributed by atoms with van der Waals surface area (Å²) in [5.41, 5.74) is 0. The molecular weight excluding hydrogens is 311 g/mol. The minimum Gasteiger partial charge on any atom is -0.376 e. The van der Waals surface area contributed by atoms with Crippen molar-refractivity contribution in [3.8, 4) is 0 Å². The molecule has 0 saturated carbocycles. The summed E-state index contributed by atoms with van der Waals surface area (Å²) in [6.07, 6.45) is 2.33. The van der Waals surface area contributed by atoms with Crippen LogP contribution < -0.4 is 9.62 Å². The Morgan fingerprint density at radius 2 is 2.14 bits per heavy atom. The van der Waals surface area contributed by atoms with Gasteiger partial charge in [-0.1, -0.05) is 0 Å². The third-order valence-electron chi connectivity index (χ3n) is 4.27. The molecule has 122 valence electrons. The highest BCUT2D eigenvalue weighted by Gasteiger charge is 2.44. The van der Waals surface area contributed by atoms with Crippen LogP contribution in [0, 0.1) is 17.7 Å². The van der Waals surface area contributed by atoms with Gasteiger partial charge in [-0.2, -0.15) is 0 Å². The third kappa shape index (κ3) is 3.21. The Bertz CT molecular complexity index is 625. The van der Waals surface area contributed by atoms with Crippen LogP contribution in [0.2, 0.25) is 0 Å². The van der Waals surface area contributed by atoms with E-state index in [1.165, 1.54) is 0 Å². The Morgan fingerprint density at radius 1 is 1.41 bits per heavy atom. The van der Waals surface area contributed by atoms with E-state index in [0.29, 0.717) is 32.2 Å². The Morgan fingerprint density at radius 3 is 2.82 bits per heavy atom. The predicted octanol–water partition coefficient (Wildman–Crippen LogP) is 0.00620. The molecule has 2 aliphatic rings. The lowest BCUT2D eigenvalue weighted by molar-refractivity contribution is 0.111. The highest BCUT2D eigenvalue weighted by Crippen LogP contribution is 2.34. The van der Waals surface area contributed by atoms with E-state index < -0.39 is 15.8 Å². The lowest BCUT2D eigenvalue weighted by Gasteiger charge is -2.19. The second-order valence-corrected chi connectivity index (χ2v) is 7.75. The van der Waals surface area contributed by atoms with Crippen LogP contribution in [0.3, 0.4) is 0 Å². The van der Waals surface area contributed by atoms with Gasteiger partial charge in [-0.3, -0.25) is 0 Å². The quantitative estimate of drug-likeness (QED) is 0.818. The van der Waals surface area contributed by atoms with Crippen LogP contribution in [0.5, 0.6) is 0 Å². The van der Waals surface area contributed by atoms with E-state index in [0.717, 1.165) is 12.4 Å². The maximum Gasteiger partial charge on any atom is 0.225 e. The van der Waals surface area contributed by atoms with Crippen molar-refractivity contribution in [3.05, 3.63) is 18.2 Å². The van der Waals surface area contributed by atoms with Gasteiger partial charge in [-0.15, -0.1) is 0 Å². The molecule has 0 aliphatic carbocycles. The number of fused-ring (bicyclic) bond motifs is 1. The molecule has 9 heteroatoms. The van der Waals surface area contributed by atoms with Crippen LogP contribution in [0.4, 0.5) is 10.3 Å². The van der Waals surface area contributed by atoms with Crippen molar-refractivity contribution in [3.63, 3.8) is 0 Å². The first-order chi connectivity index (χ1) is 10.5. The number of nitrogens with one attached hydrogen (secondary N) is 1. The number of rotatable bonds is 5. The Labute approximate surface area is 128 Å². The topological polar surface area (TPSA) is 84.4 Å². The number of sulfonamides is 1. The summed E-state index contributed by atoms with van der Waals surface area (Å²) in [6, 6.07) is 0. The van der Waals surface area contributed by atoms with Crippen molar-refractivity contribution in [2.45, 2.75) is 13.0 Å².